The van der Waals surface area contributed by atoms with Gasteiger partial charge in [0.25, 0.3) is 5.91 Å². The molecule has 0 atom stereocenters. The maximum atomic E-state index is 12.1. The Hall–Kier alpha value is -3.51. The minimum Gasteiger partial charge on any atom is -0.508 e. The molecule has 7 heteroatoms. The minimum absolute atomic E-state index is 0.0849. The minimum atomic E-state index is -0.400. The van der Waals surface area contributed by atoms with Crippen LogP contribution in [0.1, 0.15) is 21.5 Å². The van der Waals surface area contributed by atoms with E-state index in [-0.39, 0.29) is 12.4 Å². The topological polar surface area (TPSA) is 80.2 Å². The van der Waals surface area contributed by atoms with Gasteiger partial charge in [-0.05, 0) is 42.5 Å². The summed E-state index contributed by atoms with van der Waals surface area (Å²) < 4.78 is 11.3. The molecule has 3 aromatic carbocycles. The number of hydrazone groups is 1. The van der Waals surface area contributed by atoms with E-state index in [0.717, 1.165) is 5.56 Å². The first-order valence-electron chi connectivity index (χ1n) is 8.74. The highest BCUT2D eigenvalue weighted by atomic mass is 35.5. The molecule has 0 aliphatic carbocycles. The first kappa shape index (κ1) is 20.2. The van der Waals surface area contributed by atoms with E-state index in [1.54, 1.807) is 31.4 Å². The van der Waals surface area contributed by atoms with Crippen molar-refractivity contribution in [1.29, 1.82) is 0 Å². The molecule has 6 nitrogen and oxygen atoms in total. The van der Waals surface area contributed by atoms with Crippen molar-refractivity contribution < 1.29 is 19.4 Å². The van der Waals surface area contributed by atoms with Crippen molar-refractivity contribution >= 4 is 23.7 Å². The average Bonchev–Trinajstić information content (AvgIpc) is 2.74. The molecule has 1 amide bonds. The number of methoxy groups -OCH3 is 1. The molecule has 0 heterocycles. The number of ether oxygens (including phenoxy) is 2. The summed E-state index contributed by atoms with van der Waals surface area (Å²) >= 11 is 6.19. The number of nitrogens with one attached hydrogen (secondary N) is 1. The molecule has 3 aromatic rings. The molecular weight excluding hydrogens is 392 g/mol. The Morgan fingerprint density at radius 1 is 1.10 bits per heavy atom. The van der Waals surface area contributed by atoms with Crippen LogP contribution in [-0.4, -0.2) is 24.3 Å². The number of nitrogens with zero attached hydrogens (tertiary/aromatic N) is 1. The van der Waals surface area contributed by atoms with Gasteiger partial charge in [-0.1, -0.05) is 35.9 Å². The monoisotopic (exact) mass is 410 g/mol. The van der Waals surface area contributed by atoms with E-state index in [9.17, 15) is 9.90 Å². The van der Waals surface area contributed by atoms with Crippen molar-refractivity contribution in [1.82, 2.24) is 5.43 Å². The molecule has 0 aliphatic rings. The van der Waals surface area contributed by atoms with Gasteiger partial charge >= 0.3 is 0 Å². The number of benzene rings is 3. The molecule has 0 fully saturated rings. The summed E-state index contributed by atoms with van der Waals surface area (Å²) in [4.78, 5) is 12.1. The number of halogens is 1. The molecule has 3 rings (SSSR count). The van der Waals surface area contributed by atoms with E-state index in [0.29, 0.717) is 27.6 Å². The van der Waals surface area contributed by atoms with E-state index in [1.807, 2.05) is 18.2 Å². The van der Waals surface area contributed by atoms with Gasteiger partial charge in [0, 0.05) is 21.7 Å². The Morgan fingerprint density at radius 2 is 1.86 bits per heavy atom. The summed E-state index contributed by atoms with van der Waals surface area (Å²) in [5.74, 6) is 0.702. The van der Waals surface area contributed by atoms with Crippen molar-refractivity contribution in [2.24, 2.45) is 5.10 Å². The summed E-state index contributed by atoms with van der Waals surface area (Å²) in [6.45, 7) is 0.251. The van der Waals surface area contributed by atoms with E-state index >= 15 is 0 Å². The lowest BCUT2D eigenvalue weighted by Crippen LogP contribution is -2.17. The lowest BCUT2D eigenvalue weighted by Gasteiger charge is -2.13. The van der Waals surface area contributed by atoms with Crippen LogP contribution in [0.2, 0.25) is 5.02 Å². The molecule has 0 bridgehead atoms. The van der Waals surface area contributed by atoms with Crippen LogP contribution >= 0.6 is 11.6 Å². The van der Waals surface area contributed by atoms with Crippen LogP contribution in [0.3, 0.4) is 0 Å². The first-order chi connectivity index (χ1) is 14.1. The maximum Gasteiger partial charge on any atom is 0.271 e. The van der Waals surface area contributed by atoms with Crippen LogP contribution in [0.5, 0.6) is 17.2 Å². The van der Waals surface area contributed by atoms with Crippen LogP contribution in [0.4, 0.5) is 0 Å². The van der Waals surface area contributed by atoms with Gasteiger partial charge in [-0.2, -0.15) is 5.10 Å². The second kappa shape index (κ2) is 9.61. The fourth-order valence-corrected chi connectivity index (χ4v) is 2.74. The highest BCUT2D eigenvalue weighted by Crippen LogP contribution is 2.31. The van der Waals surface area contributed by atoms with Gasteiger partial charge in [0.2, 0.25) is 0 Å². The second-order valence-corrected chi connectivity index (χ2v) is 6.41. The molecule has 0 aliphatic heterocycles. The van der Waals surface area contributed by atoms with Crippen molar-refractivity contribution in [2.75, 3.05) is 7.11 Å². The number of phenolic OH excluding ortho intramolecular Hbond substituents is 1. The molecule has 0 saturated heterocycles. The number of para-hydroxylation sites is 1. The molecular formula is C22H19ClN2O4. The van der Waals surface area contributed by atoms with Crippen LogP contribution in [0.15, 0.2) is 71.8 Å². The zero-order chi connectivity index (χ0) is 20.6. The lowest BCUT2D eigenvalue weighted by molar-refractivity contribution is 0.0955. The Bertz CT molecular complexity index is 1020. The van der Waals surface area contributed by atoms with Crippen LogP contribution < -0.4 is 14.9 Å². The SMILES string of the molecule is COc1cccc(/C=N/NC(=O)c2ccc(O)cc2)c1OCc1ccccc1Cl. The first-order valence-corrected chi connectivity index (χ1v) is 9.12. The van der Waals surface area contributed by atoms with Gasteiger partial charge in [-0.3, -0.25) is 4.79 Å². The molecule has 0 radical (unpaired) electrons. The van der Waals surface area contributed by atoms with E-state index < -0.39 is 5.91 Å². The summed E-state index contributed by atoms with van der Waals surface area (Å²) in [5.41, 5.74) is 4.29. The third-order valence-corrected chi connectivity index (χ3v) is 4.43. The molecule has 0 spiro atoms. The Balaban J connectivity index is 1.74. The highest BCUT2D eigenvalue weighted by Gasteiger charge is 2.11. The molecule has 148 valence electrons. The van der Waals surface area contributed by atoms with Crippen LogP contribution in [0, 0.1) is 0 Å². The summed E-state index contributed by atoms with van der Waals surface area (Å²) in [5, 5.41) is 13.9. The van der Waals surface area contributed by atoms with Crippen molar-refractivity contribution in [3.8, 4) is 17.2 Å². The van der Waals surface area contributed by atoms with Gasteiger partial charge in [0.1, 0.15) is 12.4 Å². The number of phenols is 1. The highest BCUT2D eigenvalue weighted by molar-refractivity contribution is 6.31. The van der Waals surface area contributed by atoms with Gasteiger partial charge in [0.15, 0.2) is 11.5 Å². The quantitative estimate of drug-likeness (QED) is 0.447. The standard InChI is InChI=1S/C22H19ClN2O4/c1-28-20-8-4-6-16(21(20)29-14-17-5-2-3-7-19(17)23)13-24-25-22(27)15-9-11-18(26)12-10-15/h2-13,26H,14H2,1H3,(H,25,27)/b24-13+. The zero-order valence-corrected chi connectivity index (χ0v) is 16.4. The second-order valence-electron chi connectivity index (χ2n) is 6.00. The van der Waals surface area contributed by atoms with Crippen LogP contribution in [0.25, 0.3) is 0 Å². The van der Waals surface area contributed by atoms with E-state index in [1.165, 1.54) is 30.5 Å². The van der Waals surface area contributed by atoms with Gasteiger partial charge < -0.3 is 14.6 Å². The summed E-state index contributed by atoms with van der Waals surface area (Å²) in [6, 6.07) is 18.6. The Kier molecular flexibility index (Phi) is 6.71. The molecule has 0 saturated carbocycles. The van der Waals surface area contributed by atoms with E-state index in [2.05, 4.69) is 10.5 Å². The summed E-state index contributed by atoms with van der Waals surface area (Å²) in [7, 11) is 1.55. The van der Waals surface area contributed by atoms with Gasteiger partial charge in [0.05, 0.1) is 13.3 Å². The molecule has 0 aromatic heterocycles. The number of carbonyl (C=O) groups is 1. The smallest absolute Gasteiger partial charge is 0.271 e. The molecule has 29 heavy (non-hydrogen) atoms. The van der Waals surface area contributed by atoms with Gasteiger partial charge in [-0.25, -0.2) is 5.43 Å². The largest absolute Gasteiger partial charge is 0.508 e. The van der Waals surface area contributed by atoms with Crippen molar-refractivity contribution in [3.63, 3.8) is 0 Å². The number of hydrogen-bond acceptors (Lipinski definition) is 5. The predicted molar refractivity (Wildman–Crippen MR) is 112 cm³/mol. The third kappa shape index (κ3) is 5.27. The lowest BCUT2D eigenvalue weighted by atomic mass is 10.2. The molecule has 2 N–H and O–H groups in total. The predicted octanol–water partition coefficient (Wildman–Crippen LogP) is 4.40. The normalized spacial score (nSPS) is 10.7. The number of aromatic hydroxyl groups is 1. The van der Waals surface area contributed by atoms with Crippen molar-refractivity contribution in [3.05, 3.63) is 88.4 Å². The number of amides is 1. The number of hydrogen-bond donors (Lipinski definition) is 2. The zero-order valence-electron chi connectivity index (χ0n) is 15.6. The van der Waals surface area contributed by atoms with Crippen molar-refractivity contribution in [2.45, 2.75) is 6.61 Å². The van der Waals surface area contributed by atoms with E-state index in [4.69, 9.17) is 21.1 Å². The molecule has 0 unspecified atom stereocenters. The maximum absolute atomic E-state index is 12.1. The number of carbonyl (C=O) groups excluding carboxylic acids is 1. The fourth-order valence-electron chi connectivity index (χ4n) is 2.55. The Labute approximate surface area is 173 Å². The summed E-state index contributed by atoms with van der Waals surface area (Å²) in [6.07, 6.45) is 1.47. The Morgan fingerprint density at radius 3 is 2.59 bits per heavy atom. The van der Waals surface area contributed by atoms with Crippen LogP contribution in [-0.2, 0) is 6.61 Å². The average molecular weight is 411 g/mol. The van der Waals surface area contributed by atoms with Gasteiger partial charge in [-0.15, -0.1) is 0 Å². The number of rotatable bonds is 7. The third-order valence-electron chi connectivity index (χ3n) is 4.06. The fraction of sp³-hybridized carbons (Fsp3) is 0.0909.